The highest BCUT2D eigenvalue weighted by Crippen LogP contribution is 2.16. The van der Waals surface area contributed by atoms with Crippen molar-refractivity contribution >= 4 is 11.6 Å². The van der Waals surface area contributed by atoms with Crippen LogP contribution in [0.5, 0.6) is 0 Å². The van der Waals surface area contributed by atoms with Gasteiger partial charge in [-0.3, -0.25) is 0 Å². The molecule has 4 nitrogen and oxygen atoms in total. The summed E-state index contributed by atoms with van der Waals surface area (Å²) in [4.78, 5) is 10.7. The van der Waals surface area contributed by atoms with Gasteiger partial charge in [-0.2, -0.15) is 0 Å². The number of aryl methyl sites for hydroxylation is 1. The molecular weight excluding hydrogens is 224 g/mol. The Hall–Kier alpha value is -2.10. The lowest BCUT2D eigenvalue weighted by Crippen LogP contribution is -2.23. The lowest BCUT2D eigenvalue weighted by molar-refractivity contribution is 0.805. The molecule has 0 spiro atoms. The molecule has 1 aromatic carbocycles. The minimum absolute atomic E-state index is 0.518. The first kappa shape index (κ1) is 12.4. The van der Waals surface area contributed by atoms with Crippen LogP contribution in [-0.2, 0) is 6.54 Å². The van der Waals surface area contributed by atoms with E-state index in [2.05, 4.69) is 33.9 Å². The summed E-state index contributed by atoms with van der Waals surface area (Å²) in [5.41, 5.74) is 7.03. The van der Waals surface area contributed by atoms with Gasteiger partial charge >= 0.3 is 0 Å². The van der Waals surface area contributed by atoms with Crippen LogP contribution in [-0.4, -0.2) is 16.5 Å². The molecular formula is C14H18N4. The number of aromatic nitrogens is 2. The Morgan fingerprint density at radius 3 is 2.50 bits per heavy atom. The number of benzene rings is 1. The van der Waals surface area contributed by atoms with Gasteiger partial charge < -0.3 is 10.6 Å². The number of nitrogen functional groups attached to an aromatic ring is 1. The summed E-state index contributed by atoms with van der Waals surface area (Å²) in [5, 5.41) is 0. The SMILES string of the molecule is CCN(Cc1ccccc1)c1cc(N)nc(C)n1. The molecule has 0 saturated carbocycles. The average molecular weight is 242 g/mol. The van der Waals surface area contributed by atoms with Crippen molar-refractivity contribution in [3.63, 3.8) is 0 Å². The van der Waals surface area contributed by atoms with Crippen molar-refractivity contribution in [1.29, 1.82) is 0 Å². The van der Waals surface area contributed by atoms with Crippen LogP contribution in [0.2, 0.25) is 0 Å². The van der Waals surface area contributed by atoms with Crippen molar-refractivity contribution in [2.45, 2.75) is 20.4 Å². The summed E-state index contributed by atoms with van der Waals surface area (Å²) in [6.45, 7) is 5.67. The van der Waals surface area contributed by atoms with E-state index in [1.165, 1.54) is 5.56 Å². The highest BCUT2D eigenvalue weighted by atomic mass is 15.2. The molecule has 2 aromatic rings. The Morgan fingerprint density at radius 1 is 1.17 bits per heavy atom. The minimum atomic E-state index is 0.518. The second-order valence-corrected chi connectivity index (χ2v) is 4.20. The van der Waals surface area contributed by atoms with Gasteiger partial charge in [0.15, 0.2) is 0 Å². The normalized spacial score (nSPS) is 10.3. The Labute approximate surface area is 107 Å². The highest BCUT2D eigenvalue weighted by molar-refractivity contribution is 5.47. The molecule has 0 saturated heterocycles. The molecule has 0 aliphatic heterocycles. The number of hydrogen-bond acceptors (Lipinski definition) is 4. The first-order valence-corrected chi connectivity index (χ1v) is 6.09. The summed E-state index contributed by atoms with van der Waals surface area (Å²) in [6, 6.07) is 12.2. The molecule has 0 unspecified atom stereocenters. The number of anilines is 2. The smallest absolute Gasteiger partial charge is 0.134 e. The van der Waals surface area contributed by atoms with E-state index in [9.17, 15) is 0 Å². The lowest BCUT2D eigenvalue weighted by Gasteiger charge is -2.22. The van der Waals surface area contributed by atoms with Crippen molar-refractivity contribution in [2.24, 2.45) is 0 Å². The molecule has 0 aliphatic carbocycles. The lowest BCUT2D eigenvalue weighted by atomic mass is 10.2. The average Bonchev–Trinajstić information content (AvgIpc) is 2.36. The third-order valence-corrected chi connectivity index (χ3v) is 2.77. The van der Waals surface area contributed by atoms with Crippen LogP contribution < -0.4 is 10.6 Å². The molecule has 94 valence electrons. The molecule has 18 heavy (non-hydrogen) atoms. The first-order valence-electron chi connectivity index (χ1n) is 6.09. The molecule has 0 bridgehead atoms. The number of nitrogens with two attached hydrogens (primary N) is 1. The second kappa shape index (κ2) is 5.49. The van der Waals surface area contributed by atoms with Gasteiger partial charge in [0.1, 0.15) is 17.5 Å². The first-order chi connectivity index (χ1) is 8.69. The van der Waals surface area contributed by atoms with E-state index in [0.29, 0.717) is 11.6 Å². The van der Waals surface area contributed by atoms with Crippen molar-refractivity contribution < 1.29 is 0 Å². The van der Waals surface area contributed by atoms with Crippen LogP contribution >= 0.6 is 0 Å². The van der Waals surface area contributed by atoms with Crippen LogP contribution in [0.3, 0.4) is 0 Å². The van der Waals surface area contributed by atoms with Crippen molar-refractivity contribution in [3.05, 3.63) is 47.8 Å². The maximum absolute atomic E-state index is 5.77. The summed E-state index contributed by atoms with van der Waals surface area (Å²) in [5.74, 6) is 2.10. The van der Waals surface area contributed by atoms with Gasteiger partial charge in [0.25, 0.3) is 0 Å². The molecule has 2 rings (SSSR count). The molecule has 1 aromatic heterocycles. The molecule has 0 amide bonds. The van der Waals surface area contributed by atoms with Gasteiger partial charge in [-0.25, -0.2) is 9.97 Å². The second-order valence-electron chi connectivity index (χ2n) is 4.20. The molecule has 0 radical (unpaired) electrons. The largest absolute Gasteiger partial charge is 0.384 e. The zero-order valence-corrected chi connectivity index (χ0v) is 10.8. The van der Waals surface area contributed by atoms with Gasteiger partial charge in [0.05, 0.1) is 0 Å². The summed E-state index contributed by atoms with van der Waals surface area (Å²) >= 11 is 0. The summed E-state index contributed by atoms with van der Waals surface area (Å²) in [7, 11) is 0. The molecule has 1 heterocycles. The number of rotatable bonds is 4. The van der Waals surface area contributed by atoms with Gasteiger partial charge in [-0.1, -0.05) is 30.3 Å². The Morgan fingerprint density at radius 2 is 1.89 bits per heavy atom. The maximum atomic E-state index is 5.77. The quantitative estimate of drug-likeness (QED) is 0.894. The van der Waals surface area contributed by atoms with Crippen molar-refractivity contribution in [1.82, 2.24) is 9.97 Å². The summed E-state index contributed by atoms with van der Waals surface area (Å²) in [6.07, 6.45) is 0. The van der Waals surface area contributed by atoms with Crippen molar-refractivity contribution in [3.8, 4) is 0 Å². The monoisotopic (exact) mass is 242 g/mol. The predicted molar refractivity (Wildman–Crippen MR) is 74.3 cm³/mol. The Bertz CT molecular complexity index is 490. The molecule has 2 N–H and O–H groups in total. The standard InChI is InChI=1S/C14H18N4/c1-3-18(10-12-7-5-4-6-8-12)14-9-13(15)16-11(2)17-14/h4-9H,3,10H2,1-2H3,(H2,15,16,17). The van der Waals surface area contributed by atoms with Gasteiger partial charge in [-0.15, -0.1) is 0 Å². The van der Waals surface area contributed by atoms with Crippen LogP contribution in [0.4, 0.5) is 11.6 Å². The van der Waals surface area contributed by atoms with Gasteiger partial charge in [0.2, 0.25) is 0 Å². The van der Waals surface area contributed by atoms with E-state index in [1.807, 2.05) is 31.2 Å². The fraction of sp³-hybridized carbons (Fsp3) is 0.286. The maximum Gasteiger partial charge on any atom is 0.134 e. The van der Waals surface area contributed by atoms with Gasteiger partial charge in [-0.05, 0) is 19.4 Å². The molecule has 4 heteroatoms. The Balaban J connectivity index is 2.23. The third-order valence-electron chi connectivity index (χ3n) is 2.77. The predicted octanol–water partition coefficient (Wildman–Crippen LogP) is 2.39. The number of nitrogens with zero attached hydrogens (tertiary/aromatic N) is 3. The van der Waals surface area contributed by atoms with Crippen LogP contribution in [0.25, 0.3) is 0 Å². The molecule has 0 fully saturated rings. The summed E-state index contributed by atoms with van der Waals surface area (Å²) < 4.78 is 0. The Kier molecular flexibility index (Phi) is 3.77. The highest BCUT2D eigenvalue weighted by Gasteiger charge is 2.08. The fourth-order valence-electron chi connectivity index (χ4n) is 1.90. The zero-order chi connectivity index (χ0) is 13.0. The van der Waals surface area contributed by atoms with E-state index >= 15 is 0 Å². The van der Waals surface area contributed by atoms with E-state index in [1.54, 1.807) is 0 Å². The van der Waals surface area contributed by atoms with E-state index in [4.69, 9.17) is 5.73 Å². The van der Waals surface area contributed by atoms with E-state index < -0.39 is 0 Å². The zero-order valence-electron chi connectivity index (χ0n) is 10.8. The van der Waals surface area contributed by atoms with Crippen LogP contribution in [0, 0.1) is 6.92 Å². The van der Waals surface area contributed by atoms with Gasteiger partial charge in [0, 0.05) is 19.2 Å². The molecule has 0 aliphatic rings. The number of hydrogen-bond donors (Lipinski definition) is 1. The van der Waals surface area contributed by atoms with Crippen LogP contribution in [0.15, 0.2) is 36.4 Å². The van der Waals surface area contributed by atoms with E-state index in [0.717, 1.165) is 18.9 Å². The van der Waals surface area contributed by atoms with Crippen LogP contribution in [0.1, 0.15) is 18.3 Å². The third kappa shape index (κ3) is 2.97. The topological polar surface area (TPSA) is 55.0 Å². The van der Waals surface area contributed by atoms with Crippen molar-refractivity contribution in [2.75, 3.05) is 17.2 Å². The minimum Gasteiger partial charge on any atom is -0.384 e. The van der Waals surface area contributed by atoms with E-state index in [-0.39, 0.29) is 0 Å². The fourth-order valence-corrected chi connectivity index (χ4v) is 1.90. The molecule has 0 atom stereocenters.